The van der Waals surface area contributed by atoms with Gasteiger partial charge in [-0.3, -0.25) is 0 Å². The van der Waals surface area contributed by atoms with Crippen LogP contribution in [0.3, 0.4) is 0 Å². The van der Waals surface area contributed by atoms with Crippen LogP contribution in [0.4, 0.5) is 0 Å². The minimum absolute atomic E-state index is 0.215. The zero-order valence-corrected chi connectivity index (χ0v) is 16.5. The zero-order chi connectivity index (χ0) is 19.2. The summed E-state index contributed by atoms with van der Waals surface area (Å²) < 4.78 is 16.7. The molecule has 2 aromatic carbocycles. The Morgan fingerprint density at radius 2 is 2.04 bits per heavy atom. The average molecular weight is 403 g/mol. The van der Waals surface area contributed by atoms with E-state index < -0.39 is 0 Å². The van der Waals surface area contributed by atoms with Crippen LogP contribution in [0.5, 0.6) is 11.5 Å². The van der Waals surface area contributed by atoms with Crippen molar-refractivity contribution in [1.29, 1.82) is 5.26 Å². The smallest absolute Gasteiger partial charge is 0.180 e. The first-order chi connectivity index (χ1) is 13.1. The number of nitrogens with zero attached hydrogens (tertiary/aromatic N) is 2. The minimum Gasteiger partial charge on any atom is -0.493 e. The van der Waals surface area contributed by atoms with E-state index >= 15 is 0 Å². The number of nitriles is 1. The Labute approximate surface area is 169 Å². The molecule has 0 unspecified atom stereocenters. The maximum absolute atomic E-state index is 9.21. The zero-order valence-electron chi connectivity index (χ0n) is 14.9. The molecule has 0 radical (unpaired) electrons. The van der Waals surface area contributed by atoms with Crippen LogP contribution in [0, 0.1) is 11.3 Å². The monoisotopic (exact) mass is 402 g/mol. The lowest BCUT2D eigenvalue weighted by Gasteiger charge is -2.29. The van der Waals surface area contributed by atoms with Gasteiger partial charge >= 0.3 is 0 Å². The second-order valence-corrected chi connectivity index (χ2v) is 6.75. The second kappa shape index (κ2) is 9.05. The van der Waals surface area contributed by atoms with Crippen molar-refractivity contribution in [2.24, 2.45) is 0 Å². The molecule has 0 aliphatic carbocycles. The third kappa shape index (κ3) is 4.51. The van der Waals surface area contributed by atoms with E-state index in [9.17, 15) is 5.26 Å². The van der Waals surface area contributed by atoms with E-state index in [1.54, 1.807) is 19.2 Å². The fourth-order valence-corrected chi connectivity index (χ4v) is 3.40. The van der Waals surface area contributed by atoms with Crippen molar-refractivity contribution < 1.29 is 14.2 Å². The molecule has 7 heteroatoms. The van der Waals surface area contributed by atoms with Crippen LogP contribution in [0.2, 0.25) is 5.02 Å². The van der Waals surface area contributed by atoms with Gasteiger partial charge in [-0.25, -0.2) is 0 Å². The quantitative estimate of drug-likeness (QED) is 0.709. The highest BCUT2D eigenvalue weighted by Crippen LogP contribution is 2.37. The molecule has 0 bridgehead atoms. The van der Waals surface area contributed by atoms with Gasteiger partial charge in [0.15, 0.2) is 11.5 Å². The highest BCUT2D eigenvalue weighted by atomic mass is 35.5. The van der Waals surface area contributed by atoms with Crippen molar-refractivity contribution in [3.63, 3.8) is 0 Å². The largest absolute Gasteiger partial charge is 0.493 e. The Balaban J connectivity index is 1.82. The lowest BCUT2D eigenvalue weighted by molar-refractivity contribution is 0.0693. The Bertz CT molecular complexity index is 876. The van der Waals surface area contributed by atoms with Gasteiger partial charge in [-0.05, 0) is 18.2 Å². The van der Waals surface area contributed by atoms with Crippen molar-refractivity contribution in [2.75, 3.05) is 33.4 Å². The molecular weight excluding hydrogens is 384 g/mol. The first-order valence-electron chi connectivity index (χ1n) is 8.49. The van der Waals surface area contributed by atoms with Crippen molar-refractivity contribution in [1.82, 2.24) is 4.90 Å². The Hall–Kier alpha value is -2.33. The van der Waals surface area contributed by atoms with Crippen LogP contribution < -0.4 is 9.47 Å². The number of morpholine rings is 1. The summed E-state index contributed by atoms with van der Waals surface area (Å²) in [5.41, 5.74) is 2.15. The molecule has 140 valence electrons. The minimum atomic E-state index is 0.215. The van der Waals surface area contributed by atoms with Crippen molar-refractivity contribution >= 4 is 28.8 Å². The highest BCUT2D eigenvalue weighted by Gasteiger charge is 2.19. The van der Waals surface area contributed by atoms with Crippen LogP contribution >= 0.6 is 23.8 Å². The molecule has 0 spiro atoms. The number of hydrogen-bond donors (Lipinski definition) is 0. The molecule has 1 aliphatic heterocycles. The average Bonchev–Trinajstić information content (AvgIpc) is 2.72. The summed E-state index contributed by atoms with van der Waals surface area (Å²) >= 11 is 12.1. The second-order valence-electron chi connectivity index (χ2n) is 5.95. The van der Waals surface area contributed by atoms with E-state index in [1.165, 1.54) is 0 Å². The standard InChI is InChI=1S/C20H19ClN2O3S/c1-24-18-11-16(20(27)23-6-8-25-9-7-23)10-17(21)19(18)26-13-15-5-3-2-4-14(15)12-22/h2-5,10-11H,6-9,13H2,1H3. The van der Waals surface area contributed by atoms with Gasteiger partial charge in [0.1, 0.15) is 11.6 Å². The Morgan fingerprint density at radius 3 is 2.74 bits per heavy atom. The number of halogens is 1. The van der Waals surface area contributed by atoms with E-state index in [0.29, 0.717) is 40.3 Å². The lowest BCUT2D eigenvalue weighted by Crippen LogP contribution is -2.40. The summed E-state index contributed by atoms with van der Waals surface area (Å²) in [7, 11) is 1.56. The van der Waals surface area contributed by atoms with Crippen LogP contribution in [-0.2, 0) is 11.3 Å². The van der Waals surface area contributed by atoms with E-state index in [4.69, 9.17) is 38.0 Å². The third-order valence-corrected chi connectivity index (χ3v) is 5.06. The van der Waals surface area contributed by atoms with Gasteiger partial charge in [-0.1, -0.05) is 42.0 Å². The van der Waals surface area contributed by atoms with E-state index in [0.717, 1.165) is 24.2 Å². The first-order valence-corrected chi connectivity index (χ1v) is 9.28. The van der Waals surface area contributed by atoms with Crippen molar-refractivity contribution in [3.05, 3.63) is 58.1 Å². The molecular formula is C20H19ClN2O3S. The van der Waals surface area contributed by atoms with Gasteiger partial charge in [0.05, 0.1) is 37.0 Å². The van der Waals surface area contributed by atoms with Crippen molar-refractivity contribution in [2.45, 2.75) is 6.61 Å². The lowest BCUT2D eigenvalue weighted by atomic mass is 10.1. The molecule has 27 heavy (non-hydrogen) atoms. The Morgan fingerprint density at radius 1 is 1.30 bits per heavy atom. The molecule has 0 amide bonds. The van der Waals surface area contributed by atoms with Crippen LogP contribution in [-0.4, -0.2) is 43.3 Å². The molecule has 0 aromatic heterocycles. The fraction of sp³-hybridized carbons (Fsp3) is 0.300. The number of methoxy groups -OCH3 is 1. The van der Waals surface area contributed by atoms with E-state index in [-0.39, 0.29) is 6.61 Å². The predicted molar refractivity (Wildman–Crippen MR) is 108 cm³/mol. The number of hydrogen-bond acceptors (Lipinski definition) is 5. The van der Waals surface area contributed by atoms with Gasteiger partial charge < -0.3 is 19.1 Å². The number of thiocarbonyl (C=S) groups is 1. The molecule has 0 atom stereocenters. The topological polar surface area (TPSA) is 54.7 Å². The van der Waals surface area contributed by atoms with Gasteiger partial charge in [-0.2, -0.15) is 5.26 Å². The van der Waals surface area contributed by atoms with E-state index in [2.05, 4.69) is 11.0 Å². The summed E-state index contributed by atoms with van der Waals surface area (Å²) in [5, 5.41) is 9.62. The number of ether oxygens (including phenoxy) is 3. The van der Waals surface area contributed by atoms with E-state index in [1.807, 2.05) is 24.3 Å². The van der Waals surface area contributed by atoms with Gasteiger partial charge in [-0.15, -0.1) is 0 Å². The SMILES string of the molecule is COc1cc(C(=S)N2CCOCC2)cc(Cl)c1OCc1ccccc1C#N. The fourth-order valence-electron chi connectivity index (χ4n) is 2.84. The molecule has 1 fully saturated rings. The van der Waals surface area contributed by atoms with Gasteiger partial charge in [0.2, 0.25) is 0 Å². The molecule has 0 saturated carbocycles. The van der Waals surface area contributed by atoms with Gasteiger partial charge in [0, 0.05) is 24.2 Å². The normalized spacial score (nSPS) is 13.7. The molecule has 1 aliphatic rings. The summed E-state index contributed by atoms with van der Waals surface area (Å²) in [6, 6.07) is 13.1. The summed E-state index contributed by atoms with van der Waals surface area (Å²) in [5.74, 6) is 0.933. The number of benzene rings is 2. The van der Waals surface area contributed by atoms with Gasteiger partial charge in [0.25, 0.3) is 0 Å². The first kappa shape index (κ1) is 19.4. The molecule has 0 N–H and O–H groups in total. The summed E-state index contributed by atoms with van der Waals surface area (Å²) in [4.78, 5) is 2.80. The van der Waals surface area contributed by atoms with Crippen LogP contribution in [0.15, 0.2) is 36.4 Å². The summed E-state index contributed by atoms with van der Waals surface area (Å²) in [6.45, 7) is 3.03. The van der Waals surface area contributed by atoms with Crippen LogP contribution in [0.25, 0.3) is 0 Å². The third-order valence-electron chi connectivity index (χ3n) is 4.28. The Kier molecular flexibility index (Phi) is 6.51. The molecule has 2 aromatic rings. The van der Waals surface area contributed by atoms with Crippen molar-refractivity contribution in [3.8, 4) is 17.6 Å². The number of rotatable bonds is 5. The molecule has 3 rings (SSSR count). The highest BCUT2D eigenvalue weighted by molar-refractivity contribution is 7.80. The predicted octanol–water partition coefficient (Wildman–Crippen LogP) is 3.81. The molecule has 1 saturated heterocycles. The van der Waals surface area contributed by atoms with Crippen LogP contribution in [0.1, 0.15) is 16.7 Å². The summed E-state index contributed by atoms with van der Waals surface area (Å²) in [6.07, 6.45) is 0. The maximum Gasteiger partial charge on any atom is 0.180 e. The maximum atomic E-state index is 9.21. The molecule has 5 nitrogen and oxygen atoms in total. The molecule has 1 heterocycles.